The highest BCUT2D eigenvalue weighted by Crippen LogP contribution is 2.24. The third-order valence-corrected chi connectivity index (χ3v) is 4.45. The van der Waals surface area contributed by atoms with Gasteiger partial charge in [0, 0.05) is 25.2 Å². The summed E-state index contributed by atoms with van der Waals surface area (Å²) >= 11 is 0. The van der Waals surface area contributed by atoms with E-state index in [1.165, 1.54) is 38.6 Å². The molecule has 3 nitrogen and oxygen atoms in total. The fourth-order valence-electron chi connectivity index (χ4n) is 3.16. The second kappa shape index (κ2) is 10.6. The van der Waals surface area contributed by atoms with E-state index in [9.17, 15) is 5.11 Å². The van der Waals surface area contributed by atoms with E-state index in [0.717, 1.165) is 37.9 Å². The maximum Gasteiger partial charge on any atom is 0.0446 e. The van der Waals surface area contributed by atoms with Crippen molar-refractivity contribution in [1.82, 2.24) is 10.2 Å². The molecule has 3 heteroatoms. The van der Waals surface area contributed by atoms with Gasteiger partial charge >= 0.3 is 0 Å². The standard InChI is InChI=1S/C17H36N2O/c1-4-11-18-16(10-13-20)14-19(12-9-15(2)3)17-7-5-6-8-17/h15-18,20H,4-14H2,1-3H3. The van der Waals surface area contributed by atoms with Crippen molar-refractivity contribution in [3.8, 4) is 0 Å². The van der Waals surface area contributed by atoms with Crippen LogP contribution in [-0.2, 0) is 0 Å². The lowest BCUT2D eigenvalue weighted by molar-refractivity contribution is 0.155. The maximum atomic E-state index is 9.27. The number of rotatable bonds is 11. The number of aliphatic hydroxyl groups is 1. The fraction of sp³-hybridized carbons (Fsp3) is 1.00. The minimum atomic E-state index is 0.296. The highest BCUT2D eigenvalue weighted by atomic mass is 16.3. The average Bonchev–Trinajstić information content (AvgIpc) is 2.94. The Kier molecular flexibility index (Phi) is 9.49. The zero-order valence-electron chi connectivity index (χ0n) is 13.9. The van der Waals surface area contributed by atoms with Crippen molar-refractivity contribution < 1.29 is 5.11 Å². The monoisotopic (exact) mass is 284 g/mol. The first-order valence-electron chi connectivity index (χ1n) is 8.75. The number of hydrogen-bond acceptors (Lipinski definition) is 3. The van der Waals surface area contributed by atoms with Crippen LogP contribution in [0.25, 0.3) is 0 Å². The molecule has 1 saturated carbocycles. The molecule has 0 aromatic carbocycles. The van der Waals surface area contributed by atoms with Crippen LogP contribution in [0, 0.1) is 5.92 Å². The van der Waals surface area contributed by atoms with Crippen LogP contribution >= 0.6 is 0 Å². The lowest BCUT2D eigenvalue weighted by Gasteiger charge is -2.33. The van der Waals surface area contributed by atoms with Crippen molar-refractivity contribution >= 4 is 0 Å². The van der Waals surface area contributed by atoms with Crippen molar-refractivity contribution in [3.05, 3.63) is 0 Å². The summed E-state index contributed by atoms with van der Waals surface area (Å²) in [5.74, 6) is 0.777. The Bertz CT molecular complexity index is 227. The maximum absolute atomic E-state index is 9.27. The number of nitrogens with zero attached hydrogens (tertiary/aromatic N) is 1. The summed E-state index contributed by atoms with van der Waals surface area (Å²) < 4.78 is 0. The number of nitrogens with one attached hydrogen (secondary N) is 1. The Balaban J connectivity index is 2.49. The molecule has 1 rings (SSSR count). The Labute approximate surface area is 126 Å². The molecular weight excluding hydrogens is 248 g/mol. The Morgan fingerprint density at radius 2 is 1.90 bits per heavy atom. The van der Waals surface area contributed by atoms with Crippen LogP contribution in [0.3, 0.4) is 0 Å². The molecule has 0 radical (unpaired) electrons. The molecule has 1 fully saturated rings. The molecular formula is C17H36N2O. The summed E-state index contributed by atoms with van der Waals surface area (Å²) in [5, 5.41) is 12.9. The molecule has 0 spiro atoms. The molecule has 20 heavy (non-hydrogen) atoms. The van der Waals surface area contributed by atoms with Gasteiger partial charge in [0.25, 0.3) is 0 Å². The van der Waals surface area contributed by atoms with Gasteiger partial charge in [0.05, 0.1) is 0 Å². The van der Waals surface area contributed by atoms with Crippen LogP contribution in [0.1, 0.15) is 65.7 Å². The molecule has 0 heterocycles. The van der Waals surface area contributed by atoms with Gasteiger partial charge in [-0.2, -0.15) is 0 Å². The lowest BCUT2D eigenvalue weighted by Crippen LogP contribution is -2.46. The molecule has 0 amide bonds. The first kappa shape index (κ1) is 17.9. The molecule has 0 aromatic heterocycles. The summed E-state index contributed by atoms with van der Waals surface area (Å²) in [5.41, 5.74) is 0. The van der Waals surface area contributed by atoms with Gasteiger partial charge < -0.3 is 10.4 Å². The molecule has 0 bridgehead atoms. The molecule has 1 atom stereocenters. The molecule has 1 unspecified atom stereocenters. The van der Waals surface area contributed by atoms with Crippen molar-refractivity contribution in [2.24, 2.45) is 5.92 Å². The zero-order chi connectivity index (χ0) is 14.8. The van der Waals surface area contributed by atoms with Gasteiger partial charge in [-0.15, -0.1) is 0 Å². The highest BCUT2D eigenvalue weighted by Gasteiger charge is 2.24. The first-order chi connectivity index (χ1) is 9.67. The molecule has 2 N–H and O–H groups in total. The predicted octanol–water partition coefficient (Wildman–Crippen LogP) is 3.03. The largest absolute Gasteiger partial charge is 0.396 e. The quantitative estimate of drug-likeness (QED) is 0.612. The minimum absolute atomic E-state index is 0.296. The second-order valence-corrected chi connectivity index (χ2v) is 6.78. The van der Waals surface area contributed by atoms with Gasteiger partial charge in [0.2, 0.25) is 0 Å². The van der Waals surface area contributed by atoms with Gasteiger partial charge in [-0.3, -0.25) is 4.90 Å². The second-order valence-electron chi connectivity index (χ2n) is 6.78. The zero-order valence-corrected chi connectivity index (χ0v) is 13.9. The SMILES string of the molecule is CCCNC(CCO)CN(CCC(C)C)C1CCCC1. The van der Waals surface area contributed by atoms with Crippen LogP contribution in [0.5, 0.6) is 0 Å². The Hall–Kier alpha value is -0.120. The fourth-order valence-corrected chi connectivity index (χ4v) is 3.16. The van der Waals surface area contributed by atoms with Crippen LogP contribution < -0.4 is 5.32 Å². The summed E-state index contributed by atoms with van der Waals surface area (Å²) in [6, 6.07) is 1.24. The van der Waals surface area contributed by atoms with Crippen molar-refractivity contribution in [1.29, 1.82) is 0 Å². The van der Waals surface area contributed by atoms with E-state index < -0.39 is 0 Å². The lowest BCUT2D eigenvalue weighted by atomic mass is 10.1. The van der Waals surface area contributed by atoms with Crippen LogP contribution in [-0.4, -0.2) is 48.3 Å². The first-order valence-corrected chi connectivity index (χ1v) is 8.75. The van der Waals surface area contributed by atoms with Crippen LogP contribution in [0.4, 0.5) is 0 Å². The van der Waals surface area contributed by atoms with E-state index >= 15 is 0 Å². The Morgan fingerprint density at radius 1 is 1.20 bits per heavy atom. The summed E-state index contributed by atoms with van der Waals surface area (Å²) in [7, 11) is 0. The average molecular weight is 284 g/mol. The minimum Gasteiger partial charge on any atom is -0.396 e. The van der Waals surface area contributed by atoms with Crippen LogP contribution in [0.15, 0.2) is 0 Å². The van der Waals surface area contributed by atoms with Crippen molar-refractivity contribution in [2.75, 3.05) is 26.2 Å². The van der Waals surface area contributed by atoms with Crippen molar-refractivity contribution in [2.45, 2.75) is 77.8 Å². The van der Waals surface area contributed by atoms with E-state index in [-0.39, 0.29) is 0 Å². The van der Waals surface area contributed by atoms with Gasteiger partial charge in [-0.25, -0.2) is 0 Å². The van der Waals surface area contributed by atoms with Crippen molar-refractivity contribution in [3.63, 3.8) is 0 Å². The third-order valence-electron chi connectivity index (χ3n) is 4.45. The summed E-state index contributed by atoms with van der Waals surface area (Å²) in [4.78, 5) is 2.70. The Morgan fingerprint density at radius 3 is 2.45 bits per heavy atom. The van der Waals surface area contributed by atoms with Gasteiger partial charge in [-0.1, -0.05) is 33.6 Å². The van der Waals surface area contributed by atoms with E-state index in [0.29, 0.717) is 12.6 Å². The molecule has 1 aliphatic carbocycles. The predicted molar refractivity (Wildman–Crippen MR) is 87.1 cm³/mol. The van der Waals surface area contributed by atoms with E-state index in [2.05, 4.69) is 31.0 Å². The molecule has 0 aliphatic heterocycles. The van der Waals surface area contributed by atoms with E-state index in [1.54, 1.807) is 0 Å². The highest BCUT2D eigenvalue weighted by molar-refractivity contribution is 4.81. The molecule has 120 valence electrons. The van der Waals surface area contributed by atoms with Gasteiger partial charge in [-0.05, 0) is 51.1 Å². The smallest absolute Gasteiger partial charge is 0.0446 e. The van der Waals surface area contributed by atoms with E-state index in [1.807, 2.05) is 0 Å². The topological polar surface area (TPSA) is 35.5 Å². The third kappa shape index (κ3) is 7.05. The summed E-state index contributed by atoms with van der Waals surface area (Å²) in [6.45, 7) is 10.5. The molecule has 1 aliphatic rings. The number of hydrogen-bond donors (Lipinski definition) is 2. The van der Waals surface area contributed by atoms with Gasteiger partial charge in [0.15, 0.2) is 0 Å². The normalized spacial score (nSPS) is 18.3. The van der Waals surface area contributed by atoms with E-state index in [4.69, 9.17) is 0 Å². The summed E-state index contributed by atoms with van der Waals surface area (Å²) in [6.07, 6.45) is 8.87. The van der Waals surface area contributed by atoms with Gasteiger partial charge in [0.1, 0.15) is 0 Å². The molecule has 0 aromatic rings. The number of aliphatic hydroxyl groups excluding tert-OH is 1. The molecule has 0 saturated heterocycles. The van der Waals surface area contributed by atoms with Crippen LogP contribution in [0.2, 0.25) is 0 Å².